The lowest BCUT2D eigenvalue weighted by molar-refractivity contribution is 0.414. The zero-order chi connectivity index (χ0) is 15.4. The summed E-state index contributed by atoms with van der Waals surface area (Å²) in [6, 6.07) is 13.0. The smallest absolute Gasteiger partial charge is 0.119 e. The lowest BCUT2D eigenvalue weighted by Gasteiger charge is -2.20. The highest BCUT2D eigenvalue weighted by molar-refractivity contribution is 9.10. The molecule has 0 saturated heterocycles. The van der Waals surface area contributed by atoms with Crippen LogP contribution in [0.15, 0.2) is 40.9 Å². The number of nitrogens with one attached hydrogen (secondary N) is 1. The first-order chi connectivity index (χ1) is 10.0. The maximum Gasteiger partial charge on any atom is 0.119 e. The minimum atomic E-state index is 0.286. The Morgan fingerprint density at radius 3 is 2.52 bits per heavy atom. The molecule has 21 heavy (non-hydrogen) atoms. The van der Waals surface area contributed by atoms with Crippen LogP contribution in [0.2, 0.25) is 0 Å². The first-order valence-electron chi connectivity index (χ1n) is 7.12. The summed E-state index contributed by atoms with van der Waals surface area (Å²) in [6.07, 6.45) is 0.915. The van der Waals surface area contributed by atoms with Crippen LogP contribution >= 0.6 is 15.9 Å². The molecular formula is C18H22BrNO. The number of likely N-dealkylation sites (N-methyl/N-ethyl adjacent to an activating group) is 1. The first-order valence-corrected chi connectivity index (χ1v) is 7.91. The van der Waals surface area contributed by atoms with Gasteiger partial charge in [0.2, 0.25) is 0 Å². The van der Waals surface area contributed by atoms with Crippen LogP contribution < -0.4 is 10.1 Å². The van der Waals surface area contributed by atoms with E-state index >= 15 is 0 Å². The Hall–Kier alpha value is -1.32. The predicted octanol–water partition coefficient (Wildman–Crippen LogP) is 4.58. The third kappa shape index (κ3) is 3.86. The zero-order valence-corrected chi connectivity index (χ0v) is 14.6. The highest BCUT2D eigenvalue weighted by Crippen LogP contribution is 2.28. The minimum Gasteiger partial charge on any atom is -0.497 e. The van der Waals surface area contributed by atoms with Crippen LogP contribution in [0.4, 0.5) is 0 Å². The van der Waals surface area contributed by atoms with Crippen molar-refractivity contribution in [2.45, 2.75) is 26.3 Å². The van der Waals surface area contributed by atoms with Gasteiger partial charge in [-0.15, -0.1) is 0 Å². The van der Waals surface area contributed by atoms with Gasteiger partial charge >= 0.3 is 0 Å². The molecule has 112 valence electrons. The number of hydrogen-bond donors (Lipinski definition) is 1. The van der Waals surface area contributed by atoms with E-state index in [2.05, 4.69) is 59.4 Å². The SMILES string of the molecule is CNC(Cc1cc(OC)ccc1Br)c1ccc(C)cc1C. The van der Waals surface area contributed by atoms with Crippen molar-refractivity contribution >= 4 is 15.9 Å². The summed E-state index contributed by atoms with van der Waals surface area (Å²) in [6.45, 7) is 4.30. The number of halogens is 1. The number of rotatable bonds is 5. The number of benzene rings is 2. The second-order valence-corrected chi connectivity index (χ2v) is 6.22. The molecule has 0 bridgehead atoms. The van der Waals surface area contributed by atoms with E-state index in [-0.39, 0.29) is 6.04 Å². The monoisotopic (exact) mass is 347 g/mol. The van der Waals surface area contributed by atoms with Crippen molar-refractivity contribution in [3.05, 3.63) is 63.1 Å². The largest absolute Gasteiger partial charge is 0.497 e. The Balaban J connectivity index is 2.30. The summed E-state index contributed by atoms with van der Waals surface area (Å²) in [5.74, 6) is 0.892. The molecule has 0 aliphatic carbocycles. The van der Waals surface area contributed by atoms with Gasteiger partial charge in [-0.05, 0) is 62.2 Å². The Morgan fingerprint density at radius 1 is 1.14 bits per heavy atom. The third-order valence-corrected chi connectivity index (χ3v) is 4.60. The Kier molecular flexibility index (Phi) is 5.43. The van der Waals surface area contributed by atoms with Gasteiger partial charge in [0.15, 0.2) is 0 Å². The first kappa shape index (κ1) is 16.1. The van der Waals surface area contributed by atoms with Gasteiger partial charge < -0.3 is 10.1 Å². The molecule has 2 nitrogen and oxygen atoms in total. The van der Waals surface area contributed by atoms with Gasteiger partial charge in [0.25, 0.3) is 0 Å². The van der Waals surface area contributed by atoms with Crippen LogP contribution in [0.25, 0.3) is 0 Å². The van der Waals surface area contributed by atoms with E-state index < -0.39 is 0 Å². The van der Waals surface area contributed by atoms with Gasteiger partial charge in [-0.25, -0.2) is 0 Å². The van der Waals surface area contributed by atoms with Crippen molar-refractivity contribution < 1.29 is 4.74 Å². The fourth-order valence-electron chi connectivity index (χ4n) is 2.64. The zero-order valence-electron chi connectivity index (χ0n) is 13.0. The lowest BCUT2D eigenvalue weighted by Crippen LogP contribution is -2.20. The third-order valence-electron chi connectivity index (χ3n) is 3.83. The second-order valence-electron chi connectivity index (χ2n) is 5.36. The van der Waals surface area contributed by atoms with E-state index in [0.717, 1.165) is 16.6 Å². The number of ether oxygens (including phenoxy) is 1. The number of aryl methyl sites for hydroxylation is 2. The molecule has 2 rings (SSSR count). The molecule has 0 amide bonds. The molecule has 1 unspecified atom stereocenters. The molecule has 3 heteroatoms. The van der Waals surface area contributed by atoms with Crippen molar-refractivity contribution in [2.75, 3.05) is 14.2 Å². The van der Waals surface area contributed by atoms with E-state index in [9.17, 15) is 0 Å². The van der Waals surface area contributed by atoms with Gasteiger partial charge in [-0.3, -0.25) is 0 Å². The molecule has 0 heterocycles. The van der Waals surface area contributed by atoms with Crippen molar-refractivity contribution in [1.29, 1.82) is 0 Å². The van der Waals surface area contributed by atoms with E-state index in [1.54, 1.807) is 7.11 Å². The van der Waals surface area contributed by atoms with E-state index in [0.29, 0.717) is 0 Å². The van der Waals surface area contributed by atoms with Crippen molar-refractivity contribution in [3.63, 3.8) is 0 Å². The summed E-state index contributed by atoms with van der Waals surface area (Å²) >= 11 is 3.64. The van der Waals surface area contributed by atoms with Gasteiger partial charge in [0, 0.05) is 10.5 Å². The Bertz CT molecular complexity index is 625. The quantitative estimate of drug-likeness (QED) is 0.854. The van der Waals surface area contributed by atoms with Gasteiger partial charge in [0.1, 0.15) is 5.75 Å². The molecule has 0 aliphatic rings. The summed E-state index contributed by atoms with van der Waals surface area (Å²) in [5.41, 5.74) is 5.22. The van der Waals surface area contributed by atoms with E-state index in [4.69, 9.17) is 4.74 Å². The maximum absolute atomic E-state index is 5.33. The van der Waals surface area contributed by atoms with Crippen LogP contribution in [0.5, 0.6) is 5.75 Å². The van der Waals surface area contributed by atoms with Crippen molar-refractivity contribution in [3.8, 4) is 5.75 Å². The molecule has 0 aromatic heterocycles. The van der Waals surface area contributed by atoms with Crippen LogP contribution in [0.3, 0.4) is 0 Å². The fourth-order valence-corrected chi connectivity index (χ4v) is 3.05. The summed E-state index contributed by atoms with van der Waals surface area (Å²) in [4.78, 5) is 0. The van der Waals surface area contributed by atoms with Crippen LogP contribution in [-0.4, -0.2) is 14.2 Å². The molecule has 2 aromatic carbocycles. The summed E-state index contributed by atoms with van der Waals surface area (Å²) < 4.78 is 6.45. The molecule has 0 spiro atoms. The molecule has 1 N–H and O–H groups in total. The summed E-state index contributed by atoms with van der Waals surface area (Å²) in [5, 5.41) is 3.43. The highest BCUT2D eigenvalue weighted by atomic mass is 79.9. The molecule has 0 fully saturated rings. The number of methoxy groups -OCH3 is 1. The highest BCUT2D eigenvalue weighted by Gasteiger charge is 2.14. The van der Waals surface area contributed by atoms with Gasteiger partial charge in [-0.2, -0.15) is 0 Å². The average molecular weight is 348 g/mol. The number of hydrogen-bond acceptors (Lipinski definition) is 2. The predicted molar refractivity (Wildman–Crippen MR) is 92.1 cm³/mol. The molecule has 0 radical (unpaired) electrons. The molecular weight excluding hydrogens is 326 g/mol. The Morgan fingerprint density at radius 2 is 1.90 bits per heavy atom. The van der Waals surface area contributed by atoms with Crippen LogP contribution in [0.1, 0.15) is 28.3 Å². The molecule has 2 aromatic rings. The molecule has 1 atom stereocenters. The fraction of sp³-hybridized carbons (Fsp3) is 0.333. The van der Waals surface area contributed by atoms with Crippen LogP contribution in [-0.2, 0) is 6.42 Å². The second kappa shape index (κ2) is 7.10. The normalized spacial score (nSPS) is 12.2. The minimum absolute atomic E-state index is 0.286. The lowest BCUT2D eigenvalue weighted by atomic mass is 9.94. The van der Waals surface area contributed by atoms with Gasteiger partial charge in [-0.1, -0.05) is 39.7 Å². The van der Waals surface area contributed by atoms with Gasteiger partial charge in [0.05, 0.1) is 7.11 Å². The average Bonchev–Trinajstić information content (AvgIpc) is 2.47. The van der Waals surface area contributed by atoms with E-state index in [1.807, 2.05) is 19.2 Å². The molecule has 0 saturated carbocycles. The van der Waals surface area contributed by atoms with Crippen molar-refractivity contribution in [1.82, 2.24) is 5.32 Å². The van der Waals surface area contributed by atoms with Crippen molar-refractivity contribution in [2.24, 2.45) is 0 Å². The topological polar surface area (TPSA) is 21.3 Å². The maximum atomic E-state index is 5.33. The standard InChI is InChI=1S/C18H22BrNO/c1-12-5-7-16(13(2)9-12)18(20-3)11-14-10-15(21-4)6-8-17(14)19/h5-10,18,20H,11H2,1-4H3. The Labute approximate surface area is 135 Å². The van der Waals surface area contributed by atoms with Crippen LogP contribution in [0, 0.1) is 13.8 Å². The molecule has 0 aliphatic heterocycles. The summed E-state index contributed by atoms with van der Waals surface area (Å²) in [7, 11) is 3.71. The van der Waals surface area contributed by atoms with E-state index in [1.165, 1.54) is 22.3 Å².